The molecule has 0 aliphatic carbocycles. The van der Waals surface area contributed by atoms with Crippen molar-refractivity contribution >= 4 is 30.0 Å². The number of aliphatic hydroxyl groups excluding tert-OH is 1. The molecule has 1 aliphatic rings. The summed E-state index contributed by atoms with van der Waals surface area (Å²) in [5.41, 5.74) is -0.215. The molecular formula is C34H46N4O11. The van der Waals surface area contributed by atoms with Gasteiger partial charge in [0, 0.05) is 32.9 Å². The third-order valence-electron chi connectivity index (χ3n) is 7.44. The second kappa shape index (κ2) is 15.4. The molecular weight excluding hydrogens is 640 g/mol. The van der Waals surface area contributed by atoms with Crippen LogP contribution in [0, 0.1) is 0 Å². The third-order valence-corrected chi connectivity index (χ3v) is 7.44. The highest BCUT2D eigenvalue weighted by molar-refractivity contribution is 5.93. The van der Waals surface area contributed by atoms with Crippen molar-refractivity contribution < 1.29 is 53.9 Å². The molecule has 0 unspecified atom stereocenters. The average molecular weight is 687 g/mol. The Kier molecular flexibility index (Phi) is 12.1. The topological polar surface area (TPSA) is 224 Å². The van der Waals surface area contributed by atoms with Gasteiger partial charge in [0.1, 0.15) is 40.8 Å². The van der Waals surface area contributed by atoms with Gasteiger partial charge in [-0.1, -0.05) is 12.1 Å². The minimum absolute atomic E-state index is 0.196. The fraction of sp³-hybridized carbons (Fsp3) is 0.500. The lowest BCUT2D eigenvalue weighted by Gasteiger charge is -2.31. The number of rotatable bonds is 6. The number of carbonyl (C=O) groups excluding carboxylic acids is 4. The van der Waals surface area contributed by atoms with E-state index < -0.39 is 71.8 Å². The molecule has 0 fully saturated rings. The zero-order chi connectivity index (χ0) is 36.8. The van der Waals surface area contributed by atoms with Gasteiger partial charge in [0.25, 0.3) is 0 Å². The number of nitrogens with one attached hydrogen (secondary N) is 3. The predicted molar refractivity (Wildman–Crippen MR) is 177 cm³/mol. The number of amides is 4. The Morgan fingerprint density at radius 2 is 1.41 bits per heavy atom. The van der Waals surface area contributed by atoms with Crippen molar-refractivity contribution in [3.8, 4) is 22.6 Å². The second-order valence-electron chi connectivity index (χ2n) is 13.9. The van der Waals surface area contributed by atoms with Crippen LogP contribution in [0.5, 0.6) is 11.5 Å². The van der Waals surface area contributed by atoms with Crippen molar-refractivity contribution in [3.05, 3.63) is 47.5 Å². The summed E-state index contributed by atoms with van der Waals surface area (Å²) in [6.07, 6.45) is -4.31. The van der Waals surface area contributed by atoms with Crippen LogP contribution in [0.1, 0.15) is 59.1 Å². The van der Waals surface area contributed by atoms with E-state index >= 15 is 0 Å². The molecule has 4 atom stereocenters. The Hall–Kier alpha value is -5.05. The van der Waals surface area contributed by atoms with E-state index in [1.54, 1.807) is 65.8 Å². The summed E-state index contributed by atoms with van der Waals surface area (Å²) in [6, 6.07) is 4.57. The van der Waals surface area contributed by atoms with E-state index in [-0.39, 0.29) is 42.0 Å². The van der Waals surface area contributed by atoms with Gasteiger partial charge < -0.3 is 50.8 Å². The first-order valence-corrected chi connectivity index (χ1v) is 15.7. The van der Waals surface area contributed by atoms with Crippen LogP contribution in [0.3, 0.4) is 0 Å². The van der Waals surface area contributed by atoms with Crippen LogP contribution < -0.4 is 16.0 Å². The quantitative estimate of drug-likeness (QED) is 0.234. The molecule has 0 saturated heterocycles. The van der Waals surface area contributed by atoms with Gasteiger partial charge in [-0.3, -0.25) is 9.59 Å². The van der Waals surface area contributed by atoms with E-state index in [0.29, 0.717) is 11.1 Å². The number of benzene rings is 2. The van der Waals surface area contributed by atoms with Crippen LogP contribution in [0.2, 0.25) is 0 Å². The number of carboxylic acid groups (broad SMARTS) is 1. The van der Waals surface area contributed by atoms with Crippen LogP contribution in [-0.2, 0) is 36.7 Å². The number of alkyl carbamates (subject to hydrolysis) is 2. The molecule has 0 radical (unpaired) electrons. The molecule has 3 rings (SSSR count). The number of carbonyl (C=O) groups is 5. The van der Waals surface area contributed by atoms with E-state index in [9.17, 15) is 44.4 Å². The zero-order valence-corrected chi connectivity index (χ0v) is 28.7. The molecule has 0 aromatic heterocycles. The summed E-state index contributed by atoms with van der Waals surface area (Å²) in [5, 5.41) is 49.8. The van der Waals surface area contributed by atoms with E-state index in [1.807, 2.05) is 0 Å². The molecule has 2 aromatic rings. The Morgan fingerprint density at radius 1 is 0.898 bits per heavy atom. The van der Waals surface area contributed by atoms with Crippen LogP contribution in [0.4, 0.5) is 9.59 Å². The summed E-state index contributed by atoms with van der Waals surface area (Å²) < 4.78 is 10.5. The zero-order valence-electron chi connectivity index (χ0n) is 28.7. The highest BCUT2D eigenvalue weighted by Gasteiger charge is 2.36. The average Bonchev–Trinajstić information content (AvgIpc) is 2.97. The summed E-state index contributed by atoms with van der Waals surface area (Å²) in [7, 11) is 1.21. The van der Waals surface area contributed by atoms with Gasteiger partial charge in [-0.05, 0) is 88.1 Å². The van der Waals surface area contributed by atoms with Gasteiger partial charge in [0.2, 0.25) is 11.8 Å². The molecule has 268 valence electrons. The number of nitrogens with zero attached hydrogens (tertiary/aromatic N) is 1. The Labute approximate surface area is 284 Å². The summed E-state index contributed by atoms with van der Waals surface area (Å²) in [4.78, 5) is 66.3. The fourth-order valence-electron chi connectivity index (χ4n) is 5.10. The van der Waals surface area contributed by atoms with Crippen LogP contribution in [0.15, 0.2) is 36.4 Å². The number of carboxylic acids is 1. The van der Waals surface area contributed by atoms with E-state index in [0.717, 1.165) is 4.90 Å². The van der Waals surface area contributed by atoms with Crippen molar-refractivity contribution in [2.45, 2.75) is 96.2 Å². The van der Waals surface area contributed by atoms with Gasteiger partial charge in [-0.25, -0.2) is 14.4 Å². The van der Waals surface area contributed by atoms with Gasteiger partial charge >= 0.3 is 18.2 Å². The number of likely N-dealkylation sites (N-methyl/N-ethyl adjacent to an activating group) is 1. The first kappa shape index (κ1) is 38.4. The van der Waals surface area contributed by atoms with Crippen molar-refractivity contribution in [1.82, 2.24) is 20.9 Å². The number of ether oxygens (including phenoxy) is 2. The minimum Gasteiger partial charge on any atom is -0.508 e. The monoisotopic (exact) mass is 686 g/mol. The molecule has 15 heteroatoms. The third kappa shape index (κ3) is 11.3. The SMILES string of the molecule is CN1C(=O)[C@H](C[C@@H](O)CNC(=O)OC(C)(C)C)NC(=O)[C@@H](NC(=O)OC(C)(C)C)Cc2cc(ccc2O)-c2ccc(O)c(c2)C[C@H]1C(=O)O. The summed E-state index contributed by atoms with van der Waals surface area (Å²) in [6.45, 7) is 9.44. The van der Waals surface area contributed by atoms with Gasteiger partial charge in [0.15, 0.2) is 0 Å². The van der Waals surface area contributed by atoms with Crippen LogP contribution in [0.25, 0.3) is 11.1 Å². The molecule has 2 aromatic carbocycles. The standard InChI is InChI=1S/C34H46N4O11/c1-33(2,3)48-31(46)35-17-22(39)16-24-29(43)38(7)25(30(44)45)15-21-13-19(9-11-27(21)41)18-8-10-26(40)20(12-18)14-23(28(42)36-24)37-32(47)49-34(4,5)6/h8-13,22-25,39-41H,14-17H2,1-7H3,(H,35,46)(H,36,42)(H,37,47)(H,44,45)/t22-,23+,24+,25+/m1/s1. The molecule has 15 nitrogen and oxygen atoms in total. The lowest BCUT2D eigenvalue weighted by atomic mass is 9.95. The van der Waals surface area contributed by atoms with Crippen molar-refractivity contribution in [2.75, 3.05) is 13.6 Å². The summed E-state index contributed by atoms with van der Waals surface area (Å²) in [5.74, 6) is -3.64. The summed E-state index contributed by atoms with van der Waals surface area (Å²) >= 11 is 0. The molecule has 1 heterocycles. The normalized spacial score (nSPS) is 19.4. The van der Waals surface area contributed by atoms with Gasteiger partial charge in [0.05, 0.1) is 6.10 Å². The predicted octanol–water partition coefficient (Wildman–Crippen LogP) is 2.43. The maximum Gasteiger partial charge on any atom is 0.408 e. The molecule has 49 heavy (non-hydrogen) atoms. The van der Waals surface area contributed by atoms with E-state index in [1.165, 1.54) is 19.2 Å². The Morgan fingerprint density at radius 3 is 1.92 bits per heavy atom. The number of hydrogen-bond donors (Lipinski definition) is 7. The minimum atomic E-state index is -1.57. The number of aromatic hydroxyl groups is 2. The molecule has 4 bridgehead atoms. The first-order chi connectivity index (χ1) is 22.6. The molecule has 7 N–H and O–H groups in total. The van der Waals surface area contributed by atoms with Crippen LogP contribution in [-0.4, -0.2) is 104 Å². The highest BCUT2D eigenvalue weighted by Crippen LogP contribution is 2.31. The second-order valence-corrected chi connectivity index (χ2v) is 13.9. The number of aliphatic carboxylic acids is 1. The largest absolute Gasteiger partial charge is 0.508 e. The number of phenols is 2. The van der Waals surface area contributed by atoms with E-state index in [4.69, 9.17) is 9.47 Å². The van der Waals surface area contributed by atoms with Gasteiger partial charge in [-0.15, -0.1) is 0 Å². The number of hydrogen-bond acceptors (Lipinski definition) is 10. The molecule has 4 amide bonds. The van der Waals surface area contributed by atoms with Crippen molar-refractivity contribution in [3.63, 3.8) is 0 Å². The van der Waals surface area contributed by atoms with Crippen molar-refractivity contribution in [1.29, 1.82) is 0 Å². The molecule has 1 aliphatic heterocycles. The number of phenolic OH excluding ortho intramolecular Hbond substituents is 2. The smallest absolute Gasteiger partial charge is 0.408 e. The fourth-order valence-corrected chi connectivity index (χ4v) is 5.10. The highest BCUT2D eigenvalue weighted by atomic mass is 16.6. The first-order valence-electron chi connectivity index (χ1n) is 15.7. The maximum atomic E-state index is 13.9. The van der Waals surface area contributed by atoms with Crippen molar-refractivity contribution in [2.24, 2.45) is 0 Å². The lowest BCUT2D eigenvalue weighted by molar-refractivity contribution is -0.150. The number of fused-ring (bicyclic) bond motifs is 5. The number of aliphatic hydroxyl groups is 1. The van der Waals surface area contributed by atoms with Gasteiger partial charge in [-0.2, -0.15) is 0 Å². The van der Waals surface area contributed by atoms with Crippen LogP contribution >= 0.6 is 0 Å². The Bertz CT molecular complexity index is 1560. The lowest BCUT2D eigenvalue weighted by Crippen LogP contribution is -2.58. The molecule has 0 saturated carbocycles. The maximum absolute atomic E-state index is 13.9. The molecule has 0 spiro atoms. The van der Waals surface area contributed by atoms with E-state index in [2.05, 4.69) is 16.0 Å². The Balaban J connectivity index is 2.09.